The summed E-state index contributed by atoms with van der Waals surface area (Å²) < 4.78 is 14.0. The molecule has 4 atom stereocenters. The predicted molar refractivity (Wildman–Crippen MR) is 80.4 cm³/mol. The third-order valence-corrected chi connectivity index (χ3v) is 5.94. The average molecular weight is 299 g/mol. The highest BCUT2D eigenvalue weighted by atomic mass is 19.1. The second-order valence-corrected chi connectivity index (χ2v) is 6.82. The van der Waals surface area contributed by atoms with Crippen molar-refractivity contribution >= 4 is 18.0 Å². The monoisotopic (exact) mass is 299 g/mol. The molecule has 2 bridgehead atoms. The molecular formula is C18H18FNO2. The zero-order chi connectivity index (χ0) is 15.5. The van der Waals surface area contributed by atoms with E-state index in [0.717, 1.165) is 17.7 Å². The second-order valence-electron chi connectivity index (χ2n) is 6.82. The molecule has 2 amide bonds. The van der Waals surface area contributed by atoms with Crippen LogP contribution in [0.15, 0.2) is 36.4 Å². The standard InChI is InChI=1S/C18H18FNO2/c1-11-12-6-7-13(18(12)8-9-18)16(11)17(22)20(10-21)15-5-3-2-4-14(15)19/h2-7,10-13,16H,8-9H2,1H3/t11-,12-,13-,16+/m0/s1. The minimum atomic E-state index is -0.546. The number of hydrogen-bond acceptors (Lipinski definition) is 2. The predicted octanol–water partition coefficient (Wildman–Crippen LogP) is 3.16. The van der Waals surface area contributed by atoms with Crippen molar-refractivity contribution in [3.05, 3.63) is 42.2 Å². The summed E-state index contributed by atoms with van der Waals surface area (Å²) in [6, 6.07) is 5.93. The molecule has 3 aliphatic rings. The smallest absolute Gasteiger partial charge is 0.237 e. The van der Waals surface area contributed by atoms with E-state index in [1.54, 1.807) is 12.1 Å². The van der Waals surface area contributed by atoms with Crippen LogP contribution in [0.4, 0.5) is 10.1 Å². The van der Waals surface area contributed by atoms with Gasteiger partial charge in [0.15, 0.2) is 0 Å². The molecule has 3 aliphatic carbocycles. The zero-order valence-corrected chi connectivity index (χ0v) is 12.4. The zero-order valence-electron chi connectivity index (χ0n) is 12.4. The number of rotatable bonds is 3. The van der Waals surface area contributed by atoms with Gasteiger partial charge < -0.3 is 0 Å². The topological polar surface area (TPSA) is 37.4 Å². The number of benzene rings is 1. The van der Waals surface area contributed by atoms with Gasteiger partial charge >= 0.3 is 0 Å². The number of nitrogens with zero attached hydrogens (tertiary/aromatic N) is 1. The van der Waals surface area contributed by atoms with E-state index in [9.17, 15) is 14.0 Å². The fourth-order valence-corrected chi connectivity index (χ4v) is 4.80. The Hall–Kier alpha value is -1.97. The maximum atomic E-state index is 14.0. The first-order valence-electron chi connectivity index (χ1n) is 7.81. The SMILES string of the molecule is C[C@@H]1[C@@H](C(=O)N(C=O)c2ccccc2F)[C@@H]2C=C[C@@H]1C21CC1. The van der Waals surface area contributed by atoms with Gasteiger partial charge in [0.2, 0.25) is 12.3 Å². The summed E-state index contributed by atoms with van der Waals surface area (Å²) in [4.78, 5) is 25.4. The maximum absolute atomic E-state index is 14.0. The van der Waals surface area contributed by atoms with Crippen LogP contribution in [0, 0.1) is 34.9 Å². The van der Waals surface area contributed by atoms with Gasteiger partial charge in [0.25, 0.3) is 0 Å². The molecule has 0 N–H and O–H groups in total. The van der Waals surface area contributed by atoms with Gasteiger partial charge in [-0.15, -0.1) is 0 Å². The van der Waals surface area contributed by atoms with Crippen LogP contribution in [-0.2, 0) is 9.59 Å². The first-order valence-corrected chi connectivity index (χ1v) is 7.81. The van der Waals surface area contributed by atoms with Gasteiger partial charge in [-0.25, -0.2) is 9.29 Å². The van der Waals surface area contributed by atoms with E-state index in [0.29, 0.717) is 12.3 Å². The molecule has 3 nitrogen and oxygen atoms in total. The van der Waals surface area contributed by atoms with E-state index < -0.39 is 5.82 Å². The lowest BCUT2D eigenvalue weighted by Gasteiger charge is -2.27. The summed E-state index contributed by atoms with van der Waals surface area (Å²) in [6.45, 7) is 2.08. The lowest BCUT2D eigenvalue weighted by molar-refractivity contribution is -0.127. The van der Waals surface area contributed by atoms with E-state index in [-0.39, 0.29) is 34.8 Å². The van der Waals surface area contributed by atoms with E-state index in [4.69, 9.17) is 0 Å². The van der Waals surface area contributed by atoms with Crippen LogP contribution in [-0.4, -0.2) is 12.3 Å². The van der Waals surface area contributed by atoms with Crippen LogP contribution < -0.4 is 4.90 Å². The Morgan fingerprint density at radius 3 is 2.55 bits per heavy atom. The molecule has 114 valence electrons. The van der Waals surface area contributed by atoms with Crippen LogP contribution in [0.5, 0.6) is 0 Å². The van der Waals surface area contributed by atoms with E-state index in [1.807, 2.05) is 0 Å². The largest absolute Gasteiger partial charge is 0.278 e. The third-order valence-electron chi connectivity index (χ3n) is 5.94. The minimum Gasteiger partial charge on any atom is -0.278 e. The molecule has 0 heterocycles. The Balaban J connectivity index is 1.68. The Morgan fingerprint density at radius 2 is 1.95 bits per heavy atom. The third kappa shape index (κ3) is 1.61. The highest BCUT2D eigenvalue weighted by Crippen LogP contribution is 2.72. The number of imide groups is 1. The maximum Gasteiger partial charge on any atom is 0.237 e. The normalized spacial score (nSPS) is 33.2. The van der Waals surface area contributed by atoms with Gasteiger partial charge in [-0.3, -0.25) is 9.59 Å². The molecule has 2 fully saturated rings. The highest BCUT2D eigenvalue weighted by molar-refractivity contribution is 6.08. The fourth-order valence-electron chi connectivity index (χ4n) is 4.80. The minimum absolute atomic E-state index is 0.0475. The van der Waals surface area contributed by atoms with Crippen LogP contribution in [0.3, 0.4) is 0 Å². The summed E-state index contributed by atoms with van der Waals surface area (Å²) in [6.07, 6.45) is 7.14. The lowest BCUT2D eigenvalue weighted by Crippen LogP contribution is -2.40. The van der Waals surface area contributed by atoms with Gasteiger partial charge in [-0.05, 0) is 48.1 Å². The molecule has 4 heteroatoms. The number of anilines is 1. The van der Waals surface area contributed by atoms with Gasteiger partial charge in [0, 0.05) is 5.92 Å². The van der Waals surface area contributed by atoms with Crippen LogP contribution in [0.1, 0.15) is 19.8 Å². The van der Waals surface area contributed by atoms with Gasteiger partial charge in [0.1, 0.15) is 5.82 Å². The Bertz CT molecular complexity index is 679. The van der Waals surface area contributed by atoms with Crippen molar-refractivity contribution in [2.24, 2.45) is 29.1 Å². The summed E-state index contributed by atoms with van der Waals surface area (Å²) in [5.41, 5.74) is 0.301. The number of allylic oxidation sites excluding steroid dienone is 2. The second kappa shape index (κ2) is 4.51. The first-order chi connectivity index (χ1) is 10.6. The molecule has 0 saturated heterocycles. The van der Waals surface area contributed by atoms with E-state index in [2.05, 4.69) is 19.1 Å². The molecule has 4 rings (SSSR count). The van der Waals surface area contributed by atoms with Crippen molar-refractivity contribution in [2.75, 3.05) is 4.90 Å². The van der Waals surface area contributed by atoms with Crippen molar-refractivity contribution in [1.29, 1.82) is 0 Å². The van der Waals surface area contributed by atoms with Gasteiger partial charge in [-0.1, -0.05) is 31.2 Å². The van der Waals surface area contributed by atoms with Crippen molar-refractivity contribution in [3.8, 4) is 0 Å². The lowest BCUT2D eigenvalue weighted by atomic mass is 9.83. The molecule has 0 radical (unpaired) electrons. The Kier molecular flexibility index (Phi) is 2.80. The van der Waals surface area contributed by atoms with Crippen molar-refractivity contribution in [2.45, 2.75) is 19.8 Å². The van der Waals surface area contributed by atoms with Crippen LogP contribution >= 0.6 is 0 Å². The number of amides is 2. The number of carbonyl (C=O) groups excluding carboxylic acids is 2. The fraction of sp³-hybridized carbons (Fsp3) is 0.444. The molecule has 22 heavy (non-hydrogen) atoms. The van der Waals surface area contributed by atoms with Crippen molar-refractivity contribution in [1.82, 2.24) is 0 Å². The summed E-state index contributed by atoms with van der Waals surface area (Å²) in [7, 11) is 0. The van der Waals surface area contributed by atoms with Gasteiger partial charge in [-0.2, -0.15) is 0 Å². The van der Waals surface area contributed by atoms with Crippen LogP contribution in [0.25, 0.3) is 0 Å². The Morgan fingerprint density at radius 1 is 1.27 bits per heavy atom. The summed E-state index contributed by atoms with van der Waals surface area (Å²) >= 11 is 0. The Labute approximate surface area is 128 Å². The molecule has 1 aromatic carbocycles. The first kappa shape index (κ1) is 13.7. The molecule has 0 aliphatic heterocycles. The molecule has 1 aromatic rings. The summed E-state index contributed by atoms with van der Waals surface area (Å²) in [5.74, 6) is -0.192. The number of hydrogen-bond donors (Lipinski definition) is 0. The van der Waals surface area contributed by atoms with E-state index in [1.165, 1.54) is 12.1 Å². The highest BCUT2D eigenvalue weighted by Gasteiger charge is 2.67. The molecule has 0 unspecified atom stereocenters. The number of para-hydroxylation sites is 1. The van der Waals surface area contributed by atoms with Crippen LogP contribution in [0.2, 0.25) is 0 Å². The molecule has 2 saturated carbocycles. The average Bonchev–Trinajstić information content (AvgIpc) is 3.17. The molecule has 1 spiro atoms. The van der Waals surface area contributed by atoms with E-state index >= 15 is 0 Å². The van der Waals surface area contributed by atoms with Gasteiger partial charge in [0.05, 0.1) is 5.69 Å². The summed E-state index contributed by atoms with van der Waals surface area (Å²) in [5, 5.41) is 0. The van der Waals surface area contributed by atoms with Crippen molar-refractivity contribution < 1.29 is 14.0 Å². The molecule has 0 aromatic heterocycles. The number of halogens is 1. The number of carbonyl (C=O) groups is 2. The van der Waals surface area contributed by atoms with Crippen molar-refractivity contribution in [3.63, 3.8) is 0 Å². The quantitative estimate of drug-likeness (QED) is 0.635. The molecular weight excluding hydrogens is 281 g/mol.